The second kappa shape index (κ2) is 9.73. The van der Waals surface area contributed by atoms with Gasteiger partial charge in [0.15, 0.2) is 0 Å². The molecule has 0 aliphatic rings. The molecule has 162 valence electrons. The fraction of sp³-hybridized carbons (Fsp3) is 0.333. The zero-order valence-electron chi connectivity index (χ0n) is 17.6. The number of hydrogen-bond acceptors (Lipinski definition) is 7. The van der Waals surface area contributed by atoms with E-state index in [-0.39, 0.29) is 29.2 Å². The van der Waals surface area contributed by atoms with Crippen molar-refractivity contribution in [3.05, 3.63) is 58.7 Å². The van der Waals surface area contributed by atoms with E-state index in [0.717, 1.165) is 41.8 Å². The Morgan fingerprint density at radius 2 is 1.37 bits per heavy atom. The molecular weight excluding hydrogens is 410 g/mol. The molecule has 0 radical (unpaired) electrons. The molecule has 8 nitrogen and oxygen atoms in total. The minimum atomic E-state index is -4.00. The normalized spacial score (nSPS) is 11.3. The molecule has 0 heterocycles. The SMILES string of the molecule is COC(=O)c1cc(C(=O)OC)cc(S(=O)(=O)N(C)CCOc2cc(C)cc(C)c2)c1. The predicted octanol–water partition coefficient (Wildman–Crippen LogP) is 2.58. The Morgan fingerprint density at radius 3 is 1.83 bits per heavy atom. The zero-order chi connectivity index (χ0) is 22.5. The van der Waals surface area contributed by atoms with Gasteiger partial charge in [-0.25, -0.2) is 18.0 Å². The van der Waals surface area contributed by atoms with Crippen LogP contribution in [0.1, 0.15) is 31.8 Å². The van der Waals surface area contributed by atoms with Gasteiger partial charge in [-0.1, -0.05) is 6.07 Å². The number of likely N-dealkylation sites (N-methyl/N-ethyl adjacent to an activating group) is 1. The Kier molecular flexibility index (Phi) is 7.58. The van der Waals surface area contributed by atoms with Crippen molar-refractivity contribution in [1.29, 1.82) is 0 Å². The number of esters is 2. The van der Waals surface area contributed by atoms with E-state index in [1.165, 1.54) is 13.1 Å². The van der Waals surface area contributed by atoms with E-state index < -0.39 is 22.0 Å². The van der Waals surface area contributed by atoms with Crippen molar-refractivity contribution >= 4 is 22.0 Å². The Hall–Kier alpha value is -2.91. The molecule has 0 aliphatic carbocycles. The topological polar surface area (TPSA) is 99.2 Å². The van der Waals surface area contributed by atoms with Crippen LogP contribution in [0.5, 0.6) is 5.75 Å². The van der Waals surface area contributed by atoms with E-state index >= 15 is 0 Å². The van der Waals surface area contributed by atoms with E-state index in [2.05, 4.69) is 9.47 Å². The van der Waals surface area contributed by atoms with E-state index in [1.54, 1.807) is 0 Å². The van der Waals surface area contributed by atoms with Gasteiger partial charge < -0.3 is 14.2 Å². The van der Waals surface area contributed by atoms with Gasteiger partial charge in [0.1, 0.15) is 12.4 Å². The summed E-state index contributed by atoms with van der Waals surface area (Å²) in [6.45, 7) is 4.08. The second-order valence-electron chi connectivity index (χ2n) is 6.73. The molecule has 0 aromatic heterocycles. The number of carbonyl (C=O) groups is 2. The van der Waals surface area contributed by atoms with E-state index in [0.29, 0.717) is 5.75 Å². The van der Waals surface area contributed by atoms with Crippen LogP contribution in [0.2, 0.25) is 0 Å². The smallest absolute Gasteiger partial charge is 0.337 e. The van der Waals surface area contributed by atoms with Crippen molar-refractivity contribution < 1.29 is 32.2 Å². The summed E-state index contributed by atoms with van der Waals surface area (Å²) in [5.41, 5.74) is 1.94. The Morgan fingerprint density at radius 1 is 0.867 bits per heavy atom. The van der Waals surface area contributed by atoms with Crippen LogP contribution in [-0.2, 0) is 19.5 Å². The van der Waals surface area contributed by atoms with Crippen LogP contribution in [-0.4, -0.2) is 59.1 Å². The molecule has 30 heavy (non-hydrogen) atoms. The van der Waals surface area contributed by atoms with Crippen LogP contribution in [0.3, 0.4) is 0 Å². The first-order valence-corrected chi connectivity index (χ1v) is 10.5. The summed E-state index contributed by atoms with van der Waals surface area (Å²) < 4.78 is 42.0. The molecule has 2 aromatic rings. The highest BCUT2D eigenvalue weighted by Crippen LogP contribution is 2.21. The predicted molar refractivity (Wildman–Crippen MR) is 110 cm³/mol. The first kappa shape index (κ1) is 23.4. The second-order valence-corrected chi connectivity index (χ2v) is 8.77. The first-order valence-electron chi connectivity index (χ1n) is 9.07. The summed E-state index contributed by atoms with van der Waals surface area (Å²) in [5.74, 6) is -0.880. The van der Waals surface area contributed by atoms with Gasteiger partial charge in [-0.05, 0) is 55.3 Å². The van der Waals surface area contributed by atoms with Crippen molar-refractivity contribution in [2.24, 2.45) is 0 Å². The maximum atomic E-state index is 13.0. The third kappa shape index (κ3) is 5.58. The van der Waals surface area contributed by atoms with Gasteiger partial charge in [0, 0.05) is 13.6 Å². The molecule has 0 bridgehead atoms. The summed E-state index contributed by atoms with van der Waals surface area (Å²) in [6, 6.07) is 9.29. The van der Waals surface area contributed by atoms with Crippen LogP contribution in [0, 0.1) is 13.8 Å². The fourth-order valence-electron chi connectivity index (χ4n) is 2.83. The van der Waals surface area contributed by atoms with Crippen LogP contribution in [0.4, 0.5) is 0 Å². The number of hydrogen-bond donors (Lipinski definition) is 0. The number of methoxy groups -OCH3 is 2. The van der Waals surface area contributed by atoms with Crippen molar-refractivity contribution in [3.8, 4) is 5.75 Å². The van der Waals surface area contributed by atoms with Crippen LogP contribution in [0.25, 0.3) is 0 Å². The summed E-state index contributed by atoms with van der Waals surface area (Å²) in [5, 5.41) is 0. The summed E-state index contributed by atoms with van der Waals surface area (Å²) >= 11 is 0. The van der Waals surface area contributed by atoms with Crippen LogP contribution >= 0.6 is 0 Å². The molecule has 0 fully saturated rings. The number of nitrogens with zero attached hydrogens (tertiary/aromatic N) is 1. The Balaban J connectivity index is 2.23. The quantitative estimate of drug-likeness (QED) is 0.588. The molecule has 2 rings (SSSR count). The monoisotopic (exact) mass is 435 g/mol. The number of rotatable bonds is 8. The summed E-state index contributed by atoms with van der Waals surface area (Å²) in [7, 11) is -0.280. The Bertz CT molecular complexity index is 993. The zero-order valence-corrected chi connectivity index (χ0v) is 18.4. The molecule has 0 unspecified atom stereocenters. The molecule has 0 aliphatic heterocycles. The molecule has 0 saturated heterocycles. The highest BCUT2D eigenvalue weighted by molar-refractivity contribution is 7.89. The minimum Gasteiger partial charge on any atom is -0.492 e. The molecule has 0 N–H and O–H groups in total. The van der Waals surface area contributed by atoms with Crippen molar-refractivity contribution in [1.82, 2.24) is 4.31 Å². The standard InChI is InChI=1S/C21H25NO7S/c1-14-8-15(2)10-18(9-14)29-7-6-22(3)30(25,26)19-12-16(20(23)27-4)11-17(13-19)21(24)28-5/h8-13H,6-7H2,1-5H3. The summed E-state index contributed by atoms with van der Waals surface area (Å²) in [4.78, 5) is 23.6. The molecule has 0 saturated carbocycles. The van der Waals surface area contributed by atoms with Gasteiger partial charge >= 0.3 is 11.9 Å². The third-order valence-electron chi connectivity index (χ3n) is 4.33. The van der Waals surface area contributed by atoms with Crippen molar-refractivity contribution in [2.75, 3.05) is 34.4 Å². The largest absolute Gasteiger partial charge is 0.492 e. The summed E-state index contributed by atoms with van der Waals surface area (Å²) in [6.07, 6.45) is 0. The maximum absolute atomic E-state index is 13.0. The highest BCUT2D eigenvalue weighted by atomic mass is 32.2. The first-order chi connectivity index (χ1) is 14.1. The molecule has 2 aromatic carbocycles. The third-order valence-corrected chi connectivity index (χ3v) is 6.16. The van der Waals surface area contributed by atoms with Crippen molar-refractivity contribution in [2.45, 2.75) is 18.7 Å². The van der Waals surface area contributed by atoms with Gasteiger partial charge in [0.05, 0.1) is 30.2 Å². The maximum Gasteiger partial charge on any atom is 0.337 e. The average Bonchev–Trinajstić information content (AvgIpc) is 2.71. The number of ether oxygens (including phenoxy) is 3. The fourth-order valence-corrected chi connectivity index (χ4v) is 4.05. The van der Waals surface area contributed by atoms with Gasteiger partial charge in [0.2, 0.25) is 10.0 Å². The molecule has 9 heteroatoms. The van der Waals surface area contributed by atoms with Crippen molar-refractivity contribution in [3.63, 3.8) is 0 Å². The van der Waals surface area contributed by atoms with Gasteiger partial charge in [-0.15, -0.1) is 0 Å². The molecule has 0 spiro atoms. The van der Waals surface area contributed by atoms with E-state index in [9.17, 15) is 18.0 Å². The van der Waals surface area contributed by atoms with Crippen LogP contribution < -0.4 is 4.74 Å². The Labute approximate surface area is 176 Å². The lowest BCUT2D eigenvalue weighted by Crippen LogP contribution is -2.31. The van der Waals surface area contributed by atoms with Gasteiger partial charge in [-0.2, -0.15) is 4.31 Å². The number of carbonyl (C=O) groups excluding carboxylic acids is 2. The lowest BCUT2D eigenvalue weighted by molar-refractivity contribution is 0.0598. The molecule has 0 atom stereocenters. The minimum absolute atomic E-state index is 0.0608. The lowest BCUT2D eigenvalue weighted by atomic mass is 10.1. The molecular formula is C21H25NO7S. The van der Waals surface area contributed by atoms with Gasteiger partial charge in [0.25, 0.3) is 0 Å². The van der Waals surface area contributed by atoms with Crippen LogP contribution in [0.15, 0.2) is 41.3 Å². The highest BCUT2D eigenvalue weighted by Gasteiger charge is 2.25. The van der Waals surface area contributed by atoms with E-state index in [1.807, 2.05) is 32.0 Å². The number of aryl methyl sites for hydroxylation is 2. The van der Waals surface area contributed by atoms with Gasteiger partial charge in [-0.3, -0.25) is 0 Å². The number of benzene rings is 2. The average molecular weight is 435 g/mol. The number of sulfonamides is 1. The lowest BCUT2D eigenvalue weighted by Gasteiger charge is -2.18. The molecule has 0 amide bonds. The van der Waals surface area contributed by atoms with E-state index in [4.69, 9.17) is 4.74 Å².